The minimum absolute atomic E-state index is 0.0280. The van der Waals surface area contributed by atoms with Crippen molar-refractivity contribution in [2.45, 2.75) is 0 Å². The van der Waals surface area contributed by atoms with Crippen molar-refractivity contribution in [1.82, 2.24) is 20.2 Å². The van der Waals surface area contributed by atoms with Gasteiger partial charge in [-0.05, 0) is 24.3 Å². The lowest BCUT2D eigenvalue weighted by atomic mass is 10.2. The van der Waals surface area contributed by atoms with Crippen molar-refractivity contribution in [2.24, 2.45) is 0 Å². The molecule has 4 aromatic rings. The molecule has 0 aliphatic heterocycles. The number of aromatic amines is 1. The molecule has 6 nitrogen and oxygen atoms in total. The van der Waals surface area contributed by atoms with Crippen LogP contribution in [0.3, 0.4) is 0 Å². The number of phenols is 1. The summed E-state index contributed by atoms with van der Waals surface area (Å²) in [6.45, 7) is 0. The molecule has 0 atom stereocenters. The lowest BCUT2D eigenvalue weighted by molar-refractivity contribution is 0.476. The molecule has 10 heteroatoms. The van der Waals surface area contributed by atoms with E-state index in [9.17, 15) is 13.9 Å². The zero-order valence-electron chi connectivity index (χ0n) is 13.3. The highest BCUT2D eigenvalue weighted by Gasteiger charge is 2.18. The van der Waals surface area contributed by atoms with Crippen molar-refractivity contribution < 1.29 is 13.9 Å². The van der Waals surface area contributed by atoms with Crippen molar-refractivity contribution in [2.75, 3.05) is 5.32 Å². The van der Waals surface area contributed by atoms with Gasteiger partial charge in [-0.15, -0.1) is 0 Å². The molecule has 0 spiro atoms. The number of rotatable bonds is 3. The topological polar surface area (TPSA) is 86.7 Å². The summed E-state index contributed by atoms with van der Waals surface area (Å²) < 4.78 is 28.3. The van der Waals surface area contributed by atoms with Crippen molar-refractivity contribution in [3.05, 3.63) is 58.2 Å². The van der Waals surface area contributed by atoms with Crippen molar-refractivity contribution in [3.63, 3.8) is 0 Å². The van der Waals surface area contributed by atoms with Gasteiger partial charge in [0, 0.05) is 5.69 Å². The van der Waals surface area contributed by atoms with Gasteiger partial charge in [0.05, 0.1) is 21.8 Å². The molecule has 0 radical (unpaired) electrons. The highest BCUT2D eigenvalue weighted by molar-refractivity contribution is 6.37. The second-order valence-electron chi connectivity index (χ2n) is 5.54. The van der Waals surface area contributed by atoms with Crippen LogP contribution in [-0.2, 0) is 0 Å². The highest BCUT2D eigenvalue weighted by Crippen LogP contribution is 2.36. The Labute approximate surface area is 160 Å². The first kappa shape index (κ1) is 17.4. The Morgan fingerprint density at radius 2 is 1.70 bits per heavy atom. The minimum atomic E-state index is -0.792. The Hall–Kier alpha value is -2.97. The molecule has 0 amide bonds. The first-order valence-electron chi connectivity index (χ1n) is 7.54. The molecule has 2 aromatic carbocycles. The summed E-state index contributed by atoms with van der Waals surface area (Å²) in [6.07, 6.45) is 1.40. The van der Waals surface area contributed by atoms with Gasteiger partial charge in [-0.3, -0.25) is 5.10 Å². The van der Waals surface area contributed by atoms with Crippen LogP contribution >= 0.6 is 23.2 Å². The van der Waals surface area contributed by atoms with E-state index in [-0.39, 0.29) is 33.0 Å². The Kier molecular flexibility index (Phi) is 4.29. The van der Waals surface area contributed by atoms with Crippen LogP contribution in [0.15, 0.2) is 36.5 Å². The van der Waals surface area contributed by atoms with Crippen LogP contribution in [0.5, 0.6) is 5.75 Å². The molecule has 136 valence electrons. The lowest BCUT2D eigenvalue weighted by Crippen LogP contribution is -2.01. The number of hydrogen-bond acceptors (Lipinski definition) is 5. The number of H-pyrrole nitrogens is 1. The first-order valence-corrected chi connectivity index (χ1v) is 8.30. The summed E-state index contributed by atoms with van der Waals surface area (Å²) in [5.74, 6) is -1.79. The Morgan fingerprint density at radius 3 is 2.37 bits per heavy atom. The van der Waals surface area contributed by atoms with Gasteiger partial charge in [0.1, 0.15) is 22.7 Å². The van der Waals surface area contributed by atoms with Crippen LogP contribution in [0.4, 0.5) is 20.3 Å². The average Bonchev–Trinajstić information content (AvgIpc) is 3.08. The predicted octanol–water partition coefficient (Wildman–Crippen LogP) is 5.05. The van der Waals surface area contributed by atoms with Crippen LogP contribution in [0.1, 0.15) is 0 Å². The molecule has 2 heterocycles. The van der Waals surface area contributed by atoms with Gasteiger partial charge in [0.15, 0.2) is 17.4 Å². The van der Waals surface area contributed by atoms with Crippen LogP contribution in [0.2, 0.25) is 10.0 Å². The molecule has 2 aromatic heterocycles. The quantitative estimate of drug-likeness (QED) is 0.413. The molecule has 3 N–H and O–H groups in total. The lowest BCUT2D eigenvalue weighted by Gasteiger charge is -2.11. The van der Waals surface area contributed by atoms with E-state index >= 15 is 0 Å². The normalized spacial score (nSPS) is 11.1. The third-order valence-corrected chi connectivity index (χ3v) is 4.34. The summed E-state index contributed by atoms with van der Waals surface area (Å²) in [6, 6.07) is 6.35. The van der Waals surface area contributed by atoms with Crippen LogP contribution in [0, 0.1) is 11.6 Å². The number of aromatic hydroxyl groups is 1. The maximum atomic E-state index is 14.1. The standard InChI is InChI=1S/C17H9Cl2F2N5O/c18-8-4-7(5-9(19)15(8)27)23-17-14-12(6-22-26-14)24-16(25-17)13-10(20)2-1-3-11(13)21/h1-6,27H,(H,22,26)(H,23,24,25). The van der Waals surface area contributed by atoms with E-state index in [0.29, 0.717) is 16.7 Å². The third kappa shape index (κ3) is 3.13. The van der Waals surface area contributed by atoms with Gasteiger partial charge in [-0.25, -0.2) is 18.7 Å². The molecule has 0 aliphatic carbocycles. The molecule has 4 rings (SSSR count). The number of nitrogens with one attached hydrogen (secondary N) is 2. The van der Waals surface area contributed by atoms with Crippen molar-refractivity contribution in [3.8, 4) is 17.1 Å². The van der Waals surface area contributed by atoms with Crippen LogP contribution in [-0.4, -0.2) is 25.3 Å². The van der Waals surface area contributed by atoms with E-state index in [0.717, 1.165) is 12.1 Å². The van der Waals surface area contributed by atoms with Gasteiger partial charge in [-0.1, -0.05) is 29.3 Å². The number of halogens is 4. The Balaban J connectivity index is 1.87. The monoisotopic (exact) mass is 407 g/mol. The number of anilines is 2. The number of fused-ring (bicyclic) bond motifs is 1. The van der Waals surface area contributed by atoms with Crippen LogP contribution in [0.25, 0.3) is 22.4 Å². The molecule has 0 saturated heterocycles. The van der Waals surface area contributed by atoms with E-state index in [1.165, 1.54) is 24.4 Å². The second kappa shape index (κ2) is 6.64. The second-order valence-corrected chi connectivity index (χ2v) is 6.35. The highest BCUT2D eigenvalue weighted by atomic mass is 35.5. The summed E-state index contributed by atoms with van der Waals surface area (Å²) >= 11 is 11.8. The largest absolute Gasteiger partial charge is 0.505 e. The molecule has 0 aliphatic rings. The summed E-state index contributed by atoms with van der Waals surface area (Å²) in [5.41, 5.74) is 0.805. The zero-order valence-corrected chi connectivity index (χ0v) is 14.8. The Morgan fingerprint density at radius 1 is 1.04 bits per heavy atom. The summed E-state index contributed by atoms with van der Waals surface area (Å²) in [5, 5.41) is 19.3. The molecular formula is C17H9Cl2F2N5O. The predicted molar refractivity (Wildman–Crippen MR) is 98.4 cm³/mol. The number of nitrogens with zero attached hydrogens (tertiary/aromatic N) is 3. The molecule has 0 fully saturated rings. The van der Waals surface area contributed by atoms with Gasteiger partial charge in [0.2, 0.25) is 0 Å². The number of aromatic nitrogens is 4. The van der Waals surface area contributed by atoms with Gasteiger partial charge in [0.25, 0.3) is 0 Å². The maximum absolute atomic E-state index is 14.1. The van der Waals surface area contributed by atoms with E-state index in [1.807, 2.05) is 0 Å². The van der Waals surface area contributed by atoms with Gasteiger partial charge in [-0.2, -0.15) is 5.10 Å². The summed E-state index contributed by atoms with van der Waals surface area (Å²) in [4.78, 5) is 8.38. The summed E-state index contributed by atoms with van der Waals surface area (Å²) in [7, 11) is 0. The SMILES string of the molecule is Oc1c(Cl)cc(Nc2nc(-c3c(F)cccc3F)nc3cn[nH]c23)cc1Cl. The van der Waals surface area contributed by atoms with E-state index in [1.54, 1.807) is 0 Å². The molecular weight excluding hydrogens is 399 g/mol. The average molecular weight is 408 g/mol. The van der Waals surface area contributed by atoms with Crippen molar-refractivity contribution >= 4 is 45.7 Å². The number of hydrogen-bond donors (Lipinski definition) is 3. The van der Waals surface area contributed by atoms with Crippen LogP contribution < -0.4 is 5.32 Å². The fourth-order valence-electron chi connectivity index (χ4n) is 2.53. The molecule has 0 unspecified atom stereocenters. The van der Waals surface area contributed by atoms with Gasteiger partial charge < -0.3 is 10.4 Å². The van der Waals surface area contributed by atoms with E-state index in [4.69, 9.17) is 23.2 Å². The first-order chi connectivity index (χ1) is 12.9. The smallest absolute Gasteiger partial charge is 0.168 e. The zero-order chi connectivity index (χ0) is 19.1. The fraction of sp³-hybridized carbons (Fsp3) is 0. The van der Waals surface area contributed by atoms with Crippen molar-refractivity contribution in [1.29, 1.82) is 0 Å². The number of phenolic OH excluding ortho intramolecular Hbond substituents is 1. The Bertz CT molecular complexity index is 1140. The third-order valence-electron chi connectivity index (χ3n) is 3.77. The maximum Gasteiger partial charge on any atom is 0.168 e. The number of benzene rings is 2. The molecule has 0 saturated carbocycles. The minimum Gasteiger partial charge on any atom is -0.505 e. The van der Waals surface area contributed by atoms with E-state index < -0.39 is 11.6 Å². The molecule has 27 heavy (non-hydrogen) atoms. The van der Waals surface area contributed by atoms with Gasteiger partial charge >= 0.3 is 0 Å². The van der Waals surface area contributed by atoms with E-state index in [2.05, 4.69) is 25.5 Å². The fourth-order valence-corrected chi connectivity index (χ4v) is 3.01. The molecule has 0 bridgehead atoms.